The predicted molar refractivity (Wildman–Crippen MR) is 133 cm³/mol. The zero-order valence-electron chi connectivity index (χ0n) is 18.9. The molecule has 5 atom stereocenters. The number of halogens is 3. The molecule has 1 aromatic carbocycles. The lowest BCUT2D eigenvalue weighted by Crippen LogP contribution is -2.40. The van der Waals surface area contributed by atoms with E-state index in [1.165, 1.54) is 17.0 Å². The van der Waals surface area contributed by atoms with Crippen LogP contribution in [0.15, 0.2) is 35.3 Å². The molecule has 4 rings (SSSR count). The van der Waals surface area contributed by atoms with Gasteiger partial charge in [0.15, 0.2) is 5.96 Å². The first-order valence-electron chi connectivity index (χ1n) is 11.4. The van der Waals surface area contributed by atoms with Crippen LogP contribution in [0.25, 0.3) is 0 Å². The van der Waals surface area contributed by atoms with E-state index >= 15 is 0 Å². The monoisotopic (exact) mass is 572 g/mol. The Bertz CT molecular complexity index is 924. The van der Waals surface area contributed by atoms with Crippen molar-refractivity contribution in [2.24, 2.45) is 28.7 Å². The summed E-state index contributed by atoms with van der Waals surface area (Å²) in [5, 5.41) is 6.35. The normalized spacial score (nSPS) is 26.4. The average molecular weight is 572 g/mol. The Hall–Kier alpha value is -2.04. The summed E-state index contributed by atoms with van der Waals surface area (Å²) in [6, 6.07) is 3.58. The second-order valence-electron chi connectivity index (χ2n) is 8.89. The Morgan fingerprint density at radius 3 is 2.42 bits per heavy atom. The van der Waals surface area contributed by atoms with E-state index in [-0.39, 0.29) is 65.4 Å². The van der Waals surface area contributed by atoms with E-state index in [9.17, 15) is 18.4 Å². The highest BCUT2D eigenvalue weighted by molar-refractivity contribution is 14.0. The molecule has 9 heteroatoms. The number of carbonyl (C=O) groups excluding carboxylic acids is 2. The van der Waals surface area contributed by atoms with Crippen molar-refractivity contribution in [3.8, 4) is 0 Å². The second-order valence-corrected chi connectivity index (χ2v) is 8.89. The number of amides is 2. The number of allylic oxidation sites excluding steroid dienone is 2. The maximum absolute atomic E-state index is 14.0. The van der Waals surface area contributed by atoms with Crippen molar-refractivity contribution in [1.82, 2.24) is 15.5 Å². The quantitative estimate of drug-likeness (QED) is 0.125. The number of nitrogens with zero attached hydrogens (tertiary/aromatic N) is 2. The number of imide groups is 1. The van der Waals surface area contributed by atoms with Gasteiger partial charge in [-0.2, -0.15) is 0 Å². The fourth-order valence-electron chi connectivity index (χ4n) is 5.20. The first-order chi connectivity index (χ1) is 15.4. The minimum absolute atomic E-state index is 0. The topological polar surface area (TPSA) is 73.8 Å². The van der Waals surface area contributed by atoms with Crippen LogP contribution in [0.1, 0.15) is 38.2 Å². The number of nitrogens with one attached hydrogen (secondary N) is 2. The van der Waals surface area contributed by atoms with Gasteiger partial charge in [-0.05, 0) is 43.2 Å². The van der Waals surface area contributed by atoms with Crippen molar-refractivity contribution in [3.63, 3.8) is 0 Å². The van der Waals surface area contributed by atoms with E-state index in [0.717, 1.165) is 12.5 Å². The summed E-state index contributed by atoms with van der Waals surface area (Å²) in [4.78, 5) is 31.4. The second kappa shape index (κ2) is 10.9. The Morgan fingerprint density at radius 2 is 1.82 bits per heavy atom. The maximum Gasteiger partial charge on any atom is 0.233 e. The lowest BCUT2D eigenvalue weighted by Gasteiger charge is -2.18. The number of hydrogen-bond acceptors (Lipinski definition) is 3. The Kier molecular flexibility index (Phi) is 8.47. The molecule has 2 bridgehead atoms. The van der Waals surface area contributed by atoms with Crippen LogP contribution in [0.5, 0.6) is 0 Å². The van der Waals surface area contributed by atoms with E-state index in [0.29, 0.717) is 44.1 Å². The maximum atomic E-state index is 14.0. The van der Waals surface area contributed by atoms with Gasteiger partial charge in [0.1, 0.15) is 11.6 Å². The molecule has 0 spiro atoms. The Morgan fingerprint density at radius 1 is 1.15 bits per heavy atom. The molecule has 2 aliphatic carbocycles. The van der Waals surface area contributed by atoms with Crippen molar-refractivity contribution >= 4 is 41.8 Å². The SMILES string of the molecule is CCNC(=NCC(C)c1ccc(F)cc1F)NCCCN1C(=O)C2C3C=CC(C3)C2C1=O.I. The van der Waals surface area contributed by atoms with Gasteiger partial charge >= 0.3 is 0 Å². The number of carbonyl (C=O) groups is 2. The first-order valence-corrected chi connectivity index (χ1v) is 11.4. The molecule has 180 valence electrons. The van der Waals surface area contributed by atoms with Crippen LogP contribution in [0.3, 0.4) is 0 Å². The van der Waals surface area contributed by atoms with Gasteiger partial charge in [0.05, 0.1) is 11.8 Å². The highest BCUT2D eigenvalue weighted by Crippen LogP contribution is 2.52. The molecule has 0 aromatic heterocycles. The first kappa shape index (κ1) is 25.6. The fourth-order valence-corrected chi connectivity index (χ4v) is 5.20. The standard InChI is InChI=1S/C24H30F2N4O2.HI/c1-3-27-24(29-13-14(2)18-8-7-17(25)12-19(18)26)28-9-4-10-30-22(31)20-15-5-6-16(11-15)21(20)23(30)32;/h5-8,12,14-16,20-21H,3-4,9-11,13H2,1-2H3,(H2,27,28,29);1H. The zero-order chi connectivity index (χ0) is 22.8. The summed E-state index contributed by atoms with van der Waals surface area (Å²) in [7, 11) is 0. The molecule has 6 nitrogen and oxygen atoms in total. The number of aliphatic imine (C=N–C) groups is 1. The molecule has 2 N–H and O–H groups in total. The summed E-state index contributed by atoms with van der Waals surface area (Å²) < 4.78 is 27.1. The number of rotatable bonds is 8. The summed E-state index contributed by atoms with van der Waals surface area (Å²) in [5.41, 5.74) is 0.422. The van der Waals surface area contributed by atoms with Crippen molar-refractivity contribution in [3.05, 3.63) is 47.5 Å². The van der Waals surface area contributed by atoms with Crippen LogP contribution < -0.4 is 10.6 Å². The summed E-state index contributed by atoms with van der Waals surface area (Å²) in [5.74, 6) is -0.696. The molecule has 1 aliphatic heterocycles. The van der Waals surface area contributed by atoms with Crippen molar-refractivity contribution in [2.75, 3.05) is 26.2 Å². The summed E-state index contributed by atoms with van der Waals surface area (Å²) in [6.45, 7) is 5.72. The molecule has 1 heterocycles. The van der Waals surface area contributed by atoms with Crippen LogP contribution in [0, 0.1) is 35.3 Å². The highest BCUT2D eigenvalue weighted by Gasteiger charge is 2.58. The van der Waals surface area contributed by atoms with Gasteiger partial charge in [0, 0.05) is 38.2 Å². The van der Waals surface area contributed by atoms with Gasteiger partial charge in [-0.25, -0.2) is 8.78 Å². The Balaban J connectivity index is 0.00000306. The van der Waals surface area contributed by atoms with Crippen molar-refractivity contribution in [2.45, 2.75) is 32.6 Å². The van der Waals surface area contributed by atoms with Crippen LogP contribution in [-0.4, -0.2) is 48.9 Å². The van der Waals surface area contributed by atoms with Crippen LogP contribution in [-0.2, 0) is 9.59 Å². The number of benzene rings is 1. The average Bonchev–Trinajstić information content (AvgIpc) is 3.44. The minimum Gasteiger partial charge on any atom is -0.357 e. The van der Waals surface area contributed by atoms with Crippen LogP contribution >= 0.6 is 24.0 Å². The van der Waals surface area contributed by atoms with Gasteiger partial charge in [-0.1, -0.05) is 25.1 Å². The van der Waals surface area contributed by atoms with E-state index in [1.54, 1.807) is 0 Å². The smallest absolute Gasteiger partial charge is 0.233 e. The van der Waals surface area contributed by atoms with E-state index < -0.39 is 11.6 Å². The lowest BCUT2D eigenvalue weighted by molar-refractivity contribution is -0.140. The molecule has 3 aliphatic rings. The highest BCUT2D eigenvalue weighted by atomic mass is 127. The molecular weight excluding hydrogens is 541 g/mol. The summed E-state index contributed by atoms with van der Waals surface area (Å²) >= 11 is 0. The number of hydrogen-bond donors (Lipinski definition) is 2. The molecule has 1 saturated heterocycles. The third kappa shape index (κ3) is 5.22. The molecule has 0 radical (unpaired) electrons. The molecular formula is C24H31F2IN4O2. The molecule has 5 unspecified atom stereocenters. The lowest BCUT2D eigenvalue weighted by atomic mass is 9.85. The van der Waals surface area contributed by atoms with E-state index in [2.05, 4.69) is 27.8 Å². The third-order valence-electron chi connectivity index (χ3n) is 6.77. The van der Waals surface area contributed by atoms with Gasteiger partial charge in [-0.3, -0.25) is 19.5 Å². The van der Waals surface area contributed by atoms with Crippen LogP contribution in [0.2, 0.25) is 0 Å². The Labute approximate surface area is 210 Å². The fraction of sp³-hybridized carbons (Fsp3) is 0.542. The van der Waals surface area contributed by atoms with Crippen molar-refractivity contribution < 1.29 is 18.4 Å². The predicted octanol–water partition coefficient (Wildman–Crippen LogP) is 3.44. The number of guanidine groups is 1. The molecule has 1 saturated carbocycles. The number of likely N-dealkylation sites (tertiary alicyclic amines) is 1. The van der Waals surface area contributed by atoms with Gasteiger partial charge in [0.25, 0.3) is 0 Å². The van der Waals surface area contributed by atoms with E-state index in [4.69, 9.17) is 0 Å². The van der Waals surface area contributed by atoms with Gasteiger partial charge in [0.2, 0.25) is 11.8 Å². The molecule has 2 amide bonds. The third-order valence-corrected chi connectivity index (χ3v) is 6.77. The largest absolute Gasteiger partial charge is 0.357 e. The molecule has 2 fully saturated rings. The van der Waals surface area contributed by atoms with Gasteiger partial charge < -0.3 is 10.6 Å². The molecule has 33 heavy (non-hydrogen) atoms. The van der Waals surface area contributed by atoms with Crippen molar-refractivity contribution in [1.29, 1.82) is 0 Å². The minimum atomic E-state index is -0.598. The number of fused-ring (bicyclic) bond motifs is 5. The van der Waals surface area contributed by atoms with Crippen LogP contribution in [0.4, 0.5) is 8.78 Å². The zero-order valence-corrected chi connectivity index (χ0v) is 21.2. The van der Waals surface area contributed by atoms with Gasteiger partial charge in [-0.15, -0.1) is 24.0 Å². The van der Waals surface area contributed by atoms with E-state index in [1.807, 2.05) is 13.8 Å². The molecule has 1 aromatic rings. The summed E-state index contributed by atoms with van der Waals surface area (Å²) in [6.07, 6.45) is 5.75.